The van der Waals surface area contributed by atoms with Gasteiger partial charge < -0.3 is 5.11 Å². The quantitative estimate of drug-likeness (QED) is 0.881. The number of sulfonamides is 1. The molecule has 0 aliphatic carbocycles. The maximum absolute atomic E-state index is 12.5. The topological polar surface area (TPSA) is 74.7 Å². The number of carboxylic acid groups (broad SMARTS) is 1. The maximum atomic E-state index is 12.5. The van der Waals surface area contributed by atoms with Gasteiger partial charge in [0.1, 0.15) is 10.8 Å². The van der Waals surface area contributed by atoms with Gasteiger partial charge in [0.25, 0.3) is 10.0 Å². The van der Waals surface area contributed by atoms with Gasteiger partial charge in [-0.05, 0) is 29.6 Å². The Balaban J connectivity index is 2.56. The molecular formula is C12H9Cl2NO4S2. The molecule has 0 spiro atoms. The summed E-state index contributed by atoms with van der Waals surface area (Å²) in [7, 11) is -3.99. The zero-order valence-electron chi connectivity index (χ0n) is 10.4. The molecule has 0 aliphatic heterocycles. The highest BCUT2D eigenvalue weighted by molar-refractivity contribution is 7.94. The van der Waals surface area contributed by atoms with Crippen molar-refractivity contribution in [2.45, 2.75) is 4.21 Å². The first-order valence-electron chi connectivity index (χ1n) is 5.55. The molecule has 2 rings (SSSR count). The molecule has 5 nitrogen and oxygen atoms in total. The number of hydrogen-bond acceptors (Lipinski definition) is 4. The third kappa shape index (κ3) is 3.68. The molecule has 0 bridgehead atoms. The van der Waals surface area contributed by atoms with Gasteiger partial charge in [-0.25, -0.2) is 8.42 Å². The fraction of sp³-hybridized carbons (Fsp3) is 0.0833. The zero-order chi connectivity index (χ0) is 15.6. The average molecular weight is 366 g/mol. The average Bonchev–Trinajstić information content (AvgIpc) is 2.88. The number of benzene rings is 1. The van der Waals surface area contributed by atoms with Crippen molar-refractivity contribution in [1.29, 1.82) is 0 Å². The van der Waals surface area contributed by atoms with Crippen LogP contribution in [0.1, 0.15) is 0 Å². The number of carboxylic acids is 1. The Bertz CT molecular complexity index is 739. The van der Waals surface area contributed by atoms with Crippen molar-refractivity contribution >= 4 is 56.2 Å². The molecule has 0 amide bonds. The monoisotopic (exact) mass is 365 g/mol. The third-order valence-electron chi connectivity index (χ3n) is 2.45. The van der Waals surface area contributed by atoms with Crippen molar-refractivity contribution in [3.8, 4) is 0 Å². The van der Waals surface area contributed by atoms with E-state index in [-0.39, 0.29) is 19.9 Å². The molecule has 2 aromatic rings. The zero-order valence-corrected chi connectivity index (χ0v) is 13.5. The molecule has 0 fully saturated rings. The van der Waals surface area contributed by atoms with E-state index in [4.69, 9.17) is 28.3 Å². The largest absolute Gasteiger partial charge is 0.480 e. The molecule has 0 aliphatic rings. The summed E-state index contributed by atoms with van der Waals surface area (Å²) in [6.07, 6.45) is 0. The van der Waals surface area contributed by atoms with Crippen LogP contribution in [0.15, 0.2) is 39.9 Å². The van der Waals surface area contributed by atoms with Gasteiger partial charge >= 0.3 is 5.97 Å². The van der Waals surface area contributed by atoms with E-state index in [1.165, 1.54) is 24.3 Å². The highest BCUT2D eigenvalue weighted by Crippen LogP contribution is 2.30. The van der Waals surface area contributed by atoms with Crippen LogP contribution in [0.4, 0.5) is 5.69 Å². The van der Waals surface area contributed by atoms with Crippen LogP contribution in [-0.4, -0.2) is 26.0 Å². The number of carbonyl (C=O) groups is 1. The smallest absolute Gasteiger partial charge is 0.324 e. The van der Waals surface area contributed by atoms with E-state index in [0.717, 1.165) is 15.6 Å². The summed E-state index contributed by atoms with van der Waals surface area (Å²) < 4.78 is 25.9. The van der Waals surface area contributed by atoms with Gasteiger partial charge in [-0.2, -0.15) is 0 Å². The Morgan fingerprint density at radius 3 is 2.33 bits per heavy atom. The minimum atomic E-state index is -3.99. The van der Waals surface area contributed by atoms with Crippen molar-refractivity contribution in [1.82, 2.24) is 0 Å². The van der Waals surface area contributed by atoms with Crippen LogP contribution >= 0.6 is 34.5 Å². The summed E-state index contributed by atoms with van der Waals surface area (Å²) in [5.74, 6) is -1.29. The van der Waals surface area contributed by atoms with E-state index in [9.17, 15) is 13.2 Å². The molecule has 0 radical (unpaired) electrons. The van der Waals surface area contributed by atoms with Gasteiger partial charge in [-0.1, -0.05) is 29.3 Å². The number of thiophene rings is 1. The normalized spacial score (nSPS) is 11.3. The lowest BCUT2D eigenvalue weighted by Gasteiger charge is -2.22. The van der Waals surface area contributed by atoms with Gasteiger partial charge in [0.05, 0.1) is 5.69 Å². The van der Waals surface area contributed by atoms with Crippen LogP contribution in [0.2, 0.25) is 10.0 Å². The molecule has 0 atom stereocenters. The maximum Gasteiger partial charge on any atom is 0.324 e. The molecule has 9 heteroatoms. The van der Waals surface area contributed by atoms with Crippen LogP contribution in [0, 0.1) is 0 Å². The molecule has 112 valence electrons. The van der Waals surface area contributed by atoms with Crippen molar-refractivity contribution < 1.29 is 18.3 Å². The lowest BCUT2D eigenvalue weighted by molar-refractivity contribution is -0.135. The Labute approximate surface area is 135 Å². The van der Waals surface area contributed by atoms with Gasteiger partial charge in [-0.15, -0.1) is 11.3 Å². The Kier molecular flexibility index (Phi) is 4.77. The van der Waals surface area contributed by atoms with E-state index in [2.05, 4.69) is 0 Å². The fourth-order valence-corrected chi connectivity index (χ4v) is 4.66. The minimum Gasteiger partial charge on any atom is -0.480 e. The highest BCUT2D eigenvalue weighted by Gasteiger charge is 2.28. The van der Waals surface area contributed by atoms with Crippen LogP contribution in [-0.2, 0) is 14.8 Å². The molecule has 0 saturated heterocycles. The number of anilines is 1. The van der Waals surface area contributed by atoms with E-state index >= 15 is 0 Å². The number of rotatable bonds is 5. The van der Waals surface area contributed by atoms with Crippen molar-refractivity contribution in [2.75, 3.05) is 10.8 Å². The predicted molar refractivity (Wildman–Crippen MR) is 82.9 cm³/mol. The fourth-order valence-electron chi connectivity index (χ4n) is 1.64. The number of halogens is 2. The molecule has 1 aromatic heterocycles. The first kappa shape index (κ1) is 16.1. The lowest BCUT2D eigenvalue weighted by atomic mass is 10.3. The molecule has 1 aromatic carbocycles. The molecule has 0 saturated carbocycles. The second-order valence-corrected chi connectivity index (χ2v) is 7.87. The second kappa shape index (κ2) is 6.23. The van der Waals surface area contributed by atoms with Crippen molar-refractivity contribution in [3.05, 3.63) is 45.8 Å². The standard InChI is InChI=1S/C12H9Cl2NO4S2/c13-8-4-9(14)6-10(5-8)15(7-11(16)17)21(18,19)12-2-1-3-20-12/h1-6H,7H2,(H,16,17). The summed E-state index contributed by atoms with van der Waals surface area (Å²) in [6, 6.07) is 7.11. The highest BCUT2D eigenvalue weighted by atomic mass is 35.5. The number of aliphatic carboxylic acids is 1. The van der Waals surface area contributed by atoms with Crippen LogP contribution in [0.3, 0.4) is 0 Å². The summed E-state index contributed by atoms with van der Waals surface area (Å²) in [6.45, 7) is -0.725. The minimum absolute atomic E-state index is 0.0415. The van der Waals surface area contributed by atoms with Gasteiger partial charge in [0, 0.05) is 10.0 Å². The first-order chi connectivity index (χ1) is 9.80. The number of hydrogen-bond donors (Lipinski definition) is 1. The Morgan fingerprint density at radius 1 is 1.24 bits per heavy atom. The van der Waals surface area contributed by atoms with Crippen LogP contribution < -0.4 is 4.31 Å². The third-order valence-corrected chi connectivity index (χ3v) is 6.04. The van der Waals surface area contributed by atoms with Crippen LogP contribution in [0.25, 0.3) is 0 Å². The predicted octanol–water partition coefficient (Wildman–Crippen LogP) is 3.33. The van der Waals surface area contributed by atoms with Gasteiger partial charge in [0.2, 0.25) is 0 Å². The van der Waals surface area contributed by atoms with Crippen molar-refractivity contribution in [3.63, 3.8) is 0 Å². The summed E-state index contributed by atoms with van der Waals surface area (Å²) >= 11 is 12.7. The molecule has 1 heterocycles. The van der Waals surface area contributed by atoms with E-state index < -0.39 is 22.5 Å². The van der Waals surface area contributed by atoms with Crippen molar-refractivity contribution in [2.24, 2.45) is 0 Å². The molecule has 21 heavy (non-hydrogen) atoms. The molecule has 1 N–H and O–H groups in total. The summed E-state index contributed by atoms with van der Waals surface area (Å²) in [5.41, 5.74) is 0.100. The van der Waals surface area contributed by atoms with E-state index in [0.29, 0.717) is 0 Å². The van der Waals surface area contributed by atoms with Gasteiger partial charge in [0.15, 0.2) is 0 Å². The summed E-state index contributed by atoms with van der Waals surface area (Å²) in [5, 5.41) is 11.0. The van der Waals surface area contributed by atoms with E-state index in [1.54, 1.807) is 11.4 Å². The van der Waals surface area contributed by atoms with Crippen LogP contribution in [0.5, 0.6) is 0 Å². The number of nitrogens with zero attached hydrogens (tertiary/aromatic N) is 1. The first-order valence-corrected chi connectivity index (χ1v) is 8.62. The second-order valence-electron chi connectivity index (χ2n) is 3.97. The van der Waals surface area contributed by atoms with E-state index in [1.807, 2.05) is 0 Å². The SMILES string of the molecule is O=C(O)CN(c1cc(Cl)cc(Cl)c1)S(=O)(=O)c1cccs1. The molecule has 0 unspecified atom stereocenters. The Hall–Kier alpha value is -1.28. The van der Waals surface area contributed by atoms with Gasteiger partial charge in [-0.3, -0.25) is 9.10 Å². The Morgan fingerprint density at radius 2 is 1.86 bits per heavy atom. The molecular weight excluding hydrogens is 357 g/mol. The lowest BCUT2D eigenvalue weighted by Crippen LogP contribution is -2.35. The summed E-state index contributed by atoms with van der Waals surface area (Å²) in [4.78, 5) is 11.0.